The monoisotopic (exact) mass is 353 g/mol. The van der Waals surface area contributed by atoms with E-state index < -0.39 is 11.1 Å². The van der Waals surface area contributed by atoms with Crippen LogP contribution in [0, 0.1) is 0 Å². The Balaban J connectivity index is 1.77. The highest BCUT2D eigenvalue weighted by Crippen LogP contribution is 2.13. The van der Waals surface area contributed by atoms with E-state index in [1.807, 2.05) is 25.1 Å². The Morgan fingerprint density at radius 1 is 1.15 bits per heavy atom. The number of nitrogens with one attached hydrogen (secondary N) is 2. The Morgan fingerprint density at radius 3 is 2.62 bits per heavy atom. The number of pyridine rings is 1. The van der Waals surface area contributed by atoms with Crippen LogP contribution in [0.4, 0.5) is 5.82 Å². The van der Waals surface area contributed by atoms with Crippen LogP contribution in [0.1, 0.15) is 5.56 Å². The third-order valence-electron chi connectivity index (χ3n) is 3.95. The van der Waals surface area contributed by atoms with Crippen LogP contribution in [-0.4, -0.2) is 34.8 Å². The molecule has 0 atom stereocenters. The van der Waals surface area contributed by atoms with Crippen LogP contribution in [0.25, 0.3) is 10.8 Å². The highest BCUT2D eigenvalue weighted by molar-refractivity contribution is 5.81. The van der Waals surface area contributed by atoms with Crippen LogP contribution in [0.2, 0.25) is 0 Å². The molecule has 2 heterocycles. The molecule has 0 bridgehead atoms. The smallest absolute Gasteiger partial charge is 0.273 e. The quantitative estimate of drug-likeness (QED) is 0.694. The largest absolute Gasteiger partial charge is 0.362 e. The van der Waals surface area contributed by atoms with E-state index in [9.17, 15) is 14.4 Å². The summed E-state index contributed by atoms with van der Waals surface area (Å²) in [6.07, 6.45) is 1.68. The Bertz CT molecular complexity index is 1070. The molecule has 3 rings (SSSR count). The van der Waals surface area contributed by atoms with E-state index in [-0.39, 0.29) is 24.4 Å². The van der Waals surface area contributed by atoms with Gasteiger partial charge in [-0.15, -0.1) is 0 Å². The second kappa shape index (κ2) is 7.22. The summed E-state index contributed by atoms with van der Waals surface area (Å²) in [6.45, 7) is 0.00319. The molecule has 2 aromatic heterocycles. The second-order valence-electron chi connectivity index (χ2n) is 6.04. The number of amides is 1. The van der Waals surface area contributed by atoms with Gasteiger partial charge in [-0.2, -0.15) is 0 Å². The van der Waals surface area contributed by atoms with Gasteiger partial charge in [0.2, 0.25) is 5.91 Å². The van der Waals surface area contributed by atoms with Crippen molar-refractivity contribution in [2.45, 2.75) is 13.1 Å². The van der Waals surface area contributed by atoms with Gasteiger partial charge in [-0.25, -0.2) is 9.67 Å². The highest BCUT2D eigenvalue weighted by atomic mass is 16.2. The maximum Gasteiger partial charge on any atom is 0.273 e. The molecular weight excluding hydrogens is 334 g/mol. The molecule has 3 aromatic rings. The predicted molar refractivity (Wildman–Crippen MR) is 99.2 cm³/mol. The van der Waals surface area contributed by atoms with E-state index in [0.717, 1.165) is 16.1 Å². The molecule has 0 aliphatic heterocycles. The van der Waals surface area contributed by atoms with Crippen LogP contribution >= 0.6 is 0 Å². The van der Waals surface area contributed by atoms with Crippen LogP contribution in [0.3, 0.4) is 0 Å². The lowest BCUT2D eigenvalue weighted by Crippen LogP contribution is -2.36. The number of aromatic amines is 1. The molecule has 1 amide bonds. The fraction of sp³-hybridized carbons (Fsp3) is 0.222. The third kappa shape index (κ3) is 3.49. The fourth-order valence-electron chi connectivity index (χ4n) is 2.72. The standard InChI is InChI=1S/C18H19N5O3/c1-22(2)16-12(6-5-9-19-16)10-20-15(24)11-23-18(26)14-8-4-3-7-13(14)17(25)21-23/h3-9H,10-11H2,1-2H3,(H,20,24)(H,21,25). The van der Waals surface area contributed by atoms with Crippen LogP contribution in [-0.2, 0) is 17.9 Å². The number of carbonyl (C=O) groups is 1. The number of H-pyrrole nitrogens is 1. The minimum atomic E-state index is -0.411. The number of rotatable bonds is 5. The van der Waals surface area contributed by atoms with Crippen molar-refractivity contribution in [2.75, 3.05) is 19.0 Å². The van der Waals surface area contributed by atoms with Gasteiger partial charge in [0.25, 0.3) is 11.1 Å². The van der Waals surface area contributed by atoms with Crippen molar-refractivity contribution in [3.63, 3.8) is 0 Å². The van der Waals surface area contributed by atoms with E-state index in [0.29, 0.717) is 5.39 Å². The van der Waals surface area contributed by atoms with Gasteiger partial charge in [0, 0.05) is 32.4 Å². The summed E-state index contributed by atoms with van der Waals surface area (Å²) in [7, 11) is 3.74. The van der Waals surface area contributed by atoms with E-state index in [1.54, 1.807) is 36.5 Å². The van der Waals surface area contributed by atoms with Gasteiger partial charge >= 0.3 is 0 Å². The fourth-order valence-corrected chi connectivity index (χ4v) is 2.72. The number of aromatic nitrogens is 3. The van der Waals surface area contributed by atoms with Gasteiger partial charge in [0.15, 0.2) is 0 Å². The van der Waals surface area contributed by atoms with E-state index in [4.69, 9.17) is 0 Å². The first-order chi connectivity index (χ1) is 12.5. The molecule has 26 heavy (non-hydrogen) atoms. The molecule has 0 spiro atoms. The second-order valence-corrected chi connectivity index (χ2v) is 6.04. The van der Waals surface area contributed by atoms with Gasteiger partial charge < -0.3 is 10.2 Å². The van der Waals surface area contributed by atoms with Gasteiger partial charge in [-0.1, -0.05) is 18.2 Å². The summed E-state index contributed by atoms with van der Waals surface area (Å²) in [5.74, 6) is 0.371. The predicted octanol–water partition coefficient (Wildman–Crippen LogP) is 0.467. The number of nitrogens with zero attached hydrogens (tertiary/aromatic N) is 3. The molecular formula is C18H19N5O3. The molecule has 0 radical (unpaired) electrons. The maximum atomic E-state index is 12.4. The first-order valence-electron chi connectivity index (χ1n) is 8.07. The Kier molecular flexibility index (Phi) is 4.83. The summed E-state index contributed by atoms with van der Waals surface area (Å²) >= 11 is 0. The van der Waals surface area contributed by atoms with Crippen molar-refractivity contribution in [1.82, 2.24) is 20.1 Å². The number of fused-ring (bicyclic) bond motifs is 1. The van der Waals surface area contributed by atoms with Gasteiger partial charge in [-0.05, 0) is 18.2 Å². The summed E-state index contributed by atoms with van der Waals surface area (Å²) in [6, 6.07) is 10.2. The third-order valence-corrected chi connectivity index (χ3v) is 3.95. The molecule has 0 saturated carbocycles. The zero-order chi connectivity index (χ0) is 18.7. The molecule has 0 unspecified atom stereocenters. The number of hydrogen-bond acceptors (Lipinski definition) is 5. The zero-order valence-corrected chi connectivity index (χ0v) is 14.5. The van der Waals surface area contributed by atoms with E-state index in [2.05, 4.69) is 15.4 Å². The Morgan fingerprint density at radius 2 is 1.88 bits per heavy atom. The number of anilines is 1. The molecule has 1 aromatic carbocycles. The van der Waals surface area contributed by atoms with Crippen molar-refractivity contribution >= 4 is 22.5 Å². The number of benzene rings is 1. The van der Waals surface area contributed by atoms with Crippen molar-refractivity contribution in [3.8, 4) is 0 Å². The lowest BCUT2D eigenvalue weighted by atomic mass is 10.2. The molecule has 0 aliphatic carbocycles. The van der Waals surface area contributed by atoms with Crippen LogP contribution in [0.5, 0.6) is 0 Å². The summed E-state index contributed by atoms with van der Waals surface area (Å²) in [5, 5.41) is 5.78. The lowest BCUT2D eigenvalue weighted by Gasteiger charge is -2.16. The van der Waals surface area contributed by atoms with Crippen molar-refractivity contribution < 1.29 is 4.79 Å². The van der Waals surface area contributed by atoms with Gasteiger partial charge in [-0.3, -0.25) is 19.5 Å². The molecule has 0 aliphatic rings. The Labute approximate surface area is 149 Å². The summed E-state index contributed by atoms with van der Waals surface area (Å²) < 4.78 is 1.02. The van der Waals surface area contributed by atoms with Gasteiger partial charge in [0.05, 0.1) is 10.8 Å². The van der Waals surface area contributed by atoms with Gasteiger partial charge in [0.1, 0.15) is 12.4 Å². The molecule has 134 valence electrons. The average molecular weight is 353 g/mol. The lowest BCUT2D eigenvalue weighted by molar-refractivity contribution is -0.122. The van der Waals surface area contributed by atoms with Crippen molar-refractivity contribution in [1.29, 1.82) is 0 Å². The SMILES string of the molecule is CN(C)c1ncccc1CNC(=O)Cn1[nH]c(=O)c2ccccc2c1=O. The number of carbonyl (C=O) groups excluding carboxylic acids is 1. The maximum absolute atomic E-state index is 12.4. The number of hydrogen-bond donors (Lipinski definition) is 2. The molecule has 2 N–H and O–H groups in total. The normalized spacial score (nSPS) is 10.7. The first kappa shape index (κ1) is 17.4. The highest BCUT2D eigenvalue weighted by Gasteiger charge is 2.11. The van der Waals surface area contributed by atoms with E-state index in [1.165, 1.54) is 0 Å². The first-order valence-corrected chi connectivity index (χ1v) is 8.07. The minimum Gasteiger partial charge on any atom is -0.362 e. The zero-order valence-electron chi connectivity index (χ0n) is 14.5. The van der Waals surface area contributed by atoms with Crippen LogP contribution < -0.4 is 21.3 Å². The van der Waals surface area contributed by atoms with Crippen LogP contribution in [0.15, 0.2) is 52.2 Å². The molecule has 8 heteroatoms. The molecule has 0 fully saturated rings. The molecule has 0 saturated heterocycles. The Hall–Kier alpha value is -3.42. The average Bonchev–Trinajstić information content (AvgIpc) is 2.64. The summed E-state index contributed by atoms with van der Waals surface area (Å²) in [4.78, 5) is 42.9. The summed E-state index contributed by atoms with van der Waals surface area (Å²) in [5.41, 5.74) is 0.0334. The topological polar surface area (TPSA) is 100 Å². The minimum absolute atomic E-state index is 0.267. The van der Waals surface area contributed by atoms with E-state index >= 15 is 0 Å². The molecule has 8 nitrogen and oxygen atoms in total. The van der Waals surface area contributed by atoms with Crippen molar-refractivity contribution in [3.05, 3.63) is 68.9 Å². The van der Waals surface area contributed by atoms with Crippen molar-refractivity contribution in [2.24, 2.45) is 0 Å².